The molecule has 0 saturated heterocycles. The van der Waals surface area contributed by atoms with Crippen molar-refractivity contribution < 1.29 is 14.3 Å². The highest BCUT2D eigenvalue weighted by Gasteiger charge is 2.12. The number of benzene rings is 1. The summed E-state index contributed by atoms with van der Waals surface area (Å²) in [7, 11) is 0. The first-order valence-corrected chi connectivity index (χ1v) is 7.97. The molecule has 2 rings (SSSR count). The highest BCUT2D eigenvalue weighted by atomic mass is 35.5. The molecule has 0 spiro atoms. The standard InChI is InChI=1S/C15H13Cl2NO3S/c1-9-2-5-13(22-9)15(20)21-8-14(19)18-7-10-3-4-11(16)6-12(10)17/h2-6H,7-8H2,1H3,(H,18,19). The number of carbonyl (C=O) groups is 2. The van der Waals surface area contributed by atoms with Crippen LogP contribution in [-0.4, -0.2) is 18.5 Å². The molecule has 4 nitrogen and oxygen atoms in total. The van der Waals surface area contributed by atoms with Crippen LogP contribution in [0.5, 0.6) is 0 Å². The summed E-state index contributed by atoms with van der Waals surface area (Å²) in [5, 5.41) is 3.63. The van der Waals surface area contributed by atoms with Gasteiger partial charge in [-0.05, 0) is 36.8 Å². The van der Waals surface area contributed by atoms with Crippen LogP contribution < -0.4 is 5.32 Å². The van der Waals surface area contributed by atoms with Crippen LogP contribution in [-0.2, 0) is 16.1 Å². The van der Waals surface area contributed by atoms with Crippen molar-refractivity contribution in [2.45, 2.75) is 13.5 Å². The van der Waals surface area contributed by atoms with E-state index in [2.05, 4.69) is 5.32 Å². The number of ether oxygens (including phenoxy) is 1. The number of nitrogens with one attached hydrogen (secondary N) is 1. The van der Waals surface area contributed by atoms with Crippen LogP contribution >= 0.6 is 34.5 Å². The molecule has 22 heavy (non-hydrogen) atoms. The van der Waals surface area contributed by atoms with E-state index in [4.69, 9.17) is 27.9 Å². The molecule has 0 radical (unpaired) electrons. The summed E-state index contributed by atoms with van der Waals surface area (Å²) in [5.74, 6) is -0.898. The van der Waals surface area contributed by atoms with Gasteiger partial charge in [0.25, 0.3) is 5.91 Å². The maximum Gasteiger partial charge on any atom is 0.348 e. The van der Waals surface area contributed by atoms with Crippen molar-refractivity contribution in [3.63, 3.8) is 0 Å². The predicted octanol–water partition coefficient (Wildman–Crippen LogP) is 3.84. The Morgan fingerprint density at radius 1 is 1.23 bits per heavy atom. The second-order valence-electron chi connectivity index (χ2n) is 4.50. The summed E-state index contributed by atoms with van der Waals surface area (Å²) in [4.78, 5) is 24.9. The molecule has 1 N–H and O–H groups in total. The number of carbonyl (C=O) groups excluding carboxylic acids is 2. The van der Waals surface area contributed by atoms with E-state index < -0.39 is 11.9 Å². The van der Waals surface area contributed by atoms with Gasteiger partial charge < -0.3 is 10.1 Å². The molecule has 0 aliphatic carbocycles. The minimum absolute atomic E-state index is 0.241. The first-order chi connectivity index (χ1) is 10.5. The Morgan fingerprint density at radius 3 is 2.64 bits per heavy atom. The number of hydrogen-bond acceptors (Lipinski definition) is 4. The molecule has 2 aromatic rings. The predicted molar refractivity (Wildman–Crippen MR) is 87.6 cm³/mol. The molecule has 116 valence electrons. The number of aryl methyl sites for hydroxylation is 1. The normalized spacial score (nSPS) is 10.3. The zero-order valence-electron chi connectivity index (χ0n) is 11.7. The van der Waals surface area contributed by atoms with Gasteiger partial charge in [0, 0.05) is 21.5 Å². The fraction of sp³-hybridized carbons (Fsp3) is 0.200. The number of hydrogen-bond donors (Lipinski definition) is 1. The van der Waals surface area contributed by atoms with Gasteiger partial charge in [-0.15, -0.1) is 11.3 Å². The van der Waals surface area contributed by atoms with Crippen molar-refractivity contribution >= 4 is 46.4 Å². The highest BCUT2D eigenvalue weighted by Crippen LogP contribution is 2.20. The van der Waals surface area contributed by atoms with Crippen LogP contribution in [0.15, 0.2) is 30.3 Å². The summed E-state index contributed by atoms with van der Waals surface area (Å²) < 4.78 is 4.95. The van der Waals surface area contributed by atoms with Crippen LogP contribution in [0.2, 0.25) is 10.0 Å². The number of esters is 1. The second kappa shape index (κ2) is 7.63. The summed E-state index contributed by atoms with van der Waals surface area (Å²) in [6.45, 7) is 1.80. The number of thiophene rings is 1. The SMILES string of the molecule is Cc1ccc(C(=O)OCC(=O)NCc2ccc(Cl)cc2Cl)s1. The summed E-state index contributed by atoms with van der Waals surface area (Å²) in [6.07, 6.45) is 0. The van der Waals surface area contributed by atoms with E-state index in [-0.39, 0.29) is 13.2 Å². The fourth-order valence-electron chi connectivity index (χ4n) is 1.66. The van der Waals surface area contributed by atoms with E-state index in [0.29, 0.717) is 14.9 Å². The minimum atomic E-state index is -0.502. The van der Waals surface area contributed by atoms with E-state index in [1.54, 1.807) is 24.3 Å². The van der Waals surface area contributed by atoms with Crippen LogP contribution in [0.4, 0.5) is 0 Å². The van der Waals surface area contributed by atoms with Crippen LogP contribution in [0.25, 0.3) is 0 Å². The van der Waals surface area contributed by atoms with Gasteiger partial charge in [-0.2, -0.15) is 0 Å². The van der Waals surface area contributed by atoms with Crippen LogP contribution in [0.1, 0.15) is 20.1 Å². The average molecular weight is 358 g/mol. The van der Waals surface area contributed by atoms with Crippen molar-refractivity contribution in [2.75, 3.05) is 6.61 Å². The van der Waals surface area contributed by atoms with E-state index in [0.717, 1.165) is 10.4 Å². The lowest BCUT2D eigenvalue weighted by atomic mass is 10.2. The lowest BCUT2D eigenvalue weighted by molar-refractivity contribution is -0.124. The molecular weight excluding hydrogens is 345 g/mol. The Bertz CT molecular complexity index is 700. The van der Waals surface area contributed by atoms with Gasteiger partial charge in [-0.25, -0.2) is 4.79 Å². The van der Waals surface area contributed by atoms with Gasteiger partial charge in [-0.1, -0.05) is 29.3 Å². The third-order valence-electron chi connectivity index (χ3n) is 2.77. The quantitative estimate of drug-likeness (QED) is 0.827. The molecule has 1 aromatic carbocycles. The Kier molecular flexibility index (Phi) is 5.83. The molecule has 1 amide bonds. The Morgan fingerprint density at radius 2 is 2.00 bits per heavy atom. The Balaban J connectivity index is 1.79. The van der Waals surface area contributed by atoms with Gasteiger partial charge in [0.2, 0.25) is 0 Å². The van der Waals surface area contributed by atoms with Crippen molar-refractivity contribution in [3.8, 4) is 0 Å². The molecule has 0 saturated carbocycles. The van der Waals surface area contributed by atoms with Crippen molar-refractivity contribution in [3.05, 3.63) is 55.7 Å². The molecular formula is C15H13Cl2NO3S. The topological polar surface area (TPSA) is 55.4 Å². The lowest BCUT2D eigenvalue weighted by Gasteiger charge is -2.07. The van der Waals surface area contributed by atoms with Crippen LogP contribution in [0, 0.1) is 6.92 Å². The summed E-state index contributed by atoms with van der Waals surface area (Å²) in [5.41, 5.74) is 0.736. The third-order valence-corrected chi connectivity index (χ3v) is 4.33. The van der Waals surface area contributed by atoms with Gasteiger partial charge >= 0.3 is 5.97 Å². The molecule has 1 heterocycles. The Labute approximate surface area is 142 Å². The minimum Gasteiger partial charge on any atom is -0.451 e. The molecule has 0 aliphatic heterocycles. The van der Waals surface area contributed by atoms with Crippen LogP contribution in [0.3, 0.4) is 0 Å². The highest BCUT2D eigenvalue weighted by molar-refractivity contribution is 7.13. The van der Waals surface area contributed by atoms with Gasteiger partial charge in [0.1, 0.15) is 4.88 Å². The van der Waals surface area contributed by atoms with Crippen molar-refractivity contribution in [1.29, 1.82) is 0 Å². The molecule has 0 bridgehead atoms. The molecule has 0 aliphatic rings. The van der Waals surface area contributed by atoms with Crippen molar-refractivity contribution in [1.82, 2.24) is 5.32 Å². The van der Waals surface area contributed by atoms with E-state index in [1.165, 1.54) is 11.3 Å². The van der Waals surface area contributed by atoms with Gasteiger partial charge in [-0.3, -0.25) is 4.79 Å². The van der Waals surface area contributed by atoms with Gasteiger partial charge in [0.05, 0.1) is 0 Å². The lowest BCUT2D eigenvalue weighted by Crippen LogP contribution is -2.28. The monoisotopic (exact) mass is 357 g/mol. The maximum absolute atomic E-state index is 11.7. The molecule has 0 fully saturated rings. The summed E-state index contributed by atoms with van der Waals surface area (Å²) >= 11 is 13.1. The Hall–Kier alpha value is -1.56. The number of rotatable bonds is 5. The molecule has 7 heteroatoms. The number of halogens is 2. The first-order valence-electron chi connectivity index (χ1n) is 6.40. The van der Waals surface area contributed by atoms with E-state index in [9.17, 15) is 9.59 Å². The largest absolute Gasteiger partial charge is 0.451 e. The zero-order chi connectivity index (χ0) is 16.1. The molecule has 1 aromatic heterocycles. The zero-order valence-corrected chi connectivity index (χ0v) is 14.0. The third kappa shape index (κ3) is 4.73. The maximum atomic E-state index is 11.7. The fourth-order valence-corrected chi connectivity index (χ4v) is 2.89. The second-order valence-corrected chi connectivity index (χ2v) is 6.63. The van der Waals surface area contributed by atoms with E-state index >= 15 is 0 Å². The van der Waals surface area contributed by atoms with Crippen molar-refractivity contribution in [2.24, 2.45) is 0 Å². The average Bonchev–Trinajstić information content (AvgIpc) is 2.90. The first kappa shape index (κ1) is 16.8. The molecule has 0 unspecified atom stereocenters. The van der Waals surface area contributed by atoms with E-state index in [1.807, 2.05) is 13.0 Å². The number of amides is 1. The molecule has 0 atom stereocenters. The summed E-state index contributed by atoms with van der Waals surface area (Å²) in [6, 6.07) is 8.51. The smallest absolute Gasteiger partial charge is 0.348 e. The van der Waals surface area contributed by atoms with Gasteiger partial charge in [0.15, 0.2) is 6.61 Å².